The molecule has 1 saturated carbocycles. The summed E-state index contributed by atoms with van der Waals surface area (Å²) in [6, 6.07) is 6.08. The van der Waals surface area contributed by atoms with Crippen molar-refractivity contribution in [3.63, 3.8) is 0 Å². The van der Waals surface area contributed by atoms with E-state index in [0.717, 1.165) is 42.9 Å². The van der Waals surface area contributed by atoms with Crippen LogP contribution in [-0.4, -0.2) is 56.3 Å². The normalized spacial score (nSPS) is 23.0. The first kappa shape index (κ1) is 24.5. The number of aryl methyl sites for hydroxylation is 2. The maximum absolute atomic E-state index is 13.3. The summed E-state index contributed by atoms with van der Waals surface area (Å²) in [5.74, 6) is 1.07. The molecule has 4 rings (SSSR count). The van der Waals surface area contributed by atoms with Crippen molar-refractivity contribution < 1.29 is 8.42 Å². The van der Waals surface area contributed by atoms with Crippen LogP contribution in [0.25, 0.3) is 0 Å². The Labute approximate surface area is 193 Å². The third-order valence-electron chi connectivity index (χ3n) is 7.02. The minimum atomic E-state index is -3.47. The van der Waals surface area contributed by atoms with Gasteiger partial charge in [-0.1, -0.05) is 43.4 Å². The summed E-state index contributed by atoms with van der Waals surface area (Å²) in [6.07, 6.45) is 9.18. The molecule has 1 aromatic carbocycles. The molecule has 1 aliphatic carbocycles. The molecular weight excluding hydrogens is 432 g/mol. The molecule has 2 fully saturated rings. The Kier molecular flexibility index (Phi) is 8.05. The zero-order chi connectivity index (χ0) is 21.2. The average molecular weight is 469 g/mol. The summed E-state index contributed by atoms with van der Waals surface area (Å²) in [5, 5.41) is 7.48. The van der Waals surface area contributed by atoms with E-state index in [1.54, 1.807) is 10.4 Å². The van der Waals surface area contributed by atoms with Crippen LogP contribution in [0.15, 0.2) is 28.1 Å². The number of rotatable bonds is 3. The van der Waals surface area contributed by atoms with Crippen LogP contribution in [0, 0.1) is 13.8 Å². The molecular formula is C23H37ClN4O2S. The van der Waals surface area contributed by atoms with Crippen molar-refractivity contribution in [1.82, 2.24) is 14.9 Å². The van der Waals surface area contributed by atoms with Gasteiger partial charge in [0.2, 0.25) is 10.0 Å². The number of nitrogens with zero attached hydrogens (tertiary/aromatic N) is 2. The molecule has 0 radical (unpaired) electrons. The Bertz CT molecular complexity index is 887. The number of sulfonamides is 1. The van der Waals surface area contributed by atoms with Crippen LogP contribution < -0.4 is 10.6 Å². The lowest BCUT2D eigenvalue weighted by Crippen LogP contribution is -2.65. The van der Waals surface area contributed by atoms with Crippen LogP contribution in [-0.2, 0) is 10.0 Å². The molecule has 2 heterocycles. The van der Waals surface area contributed by atoms with Gasteiger partial charge in [0.15, 0.2) is 0 Å². The first-order chi connectivity index (χ1) is 14.4. The van der Waals surface area contributed by atoms with E-state index in [9.17, 15) is 8.42 Å². The quantitative estimate of drug-likeness (QED) is 0.665. The van der Waals surface area contributed by atoms with Crippen LogP contribution in [0.2, 0.25) is 0 Å². The van der Waals surface area contributed by atoms with Crippen molar-refractivity contribution in [1.29, 1.82) is 0 Å². The van der Waals surface area contributed by atoms with Crippen LogP contribution >= 0.6 is 12.4 Å². The number of hydrogen-bond donors (Lipinski definition) is 2. The van der Waals surface area contributed by atoms with Crippen LogP contribution in [0.3, 0.4) is 0 Å². The fraction of sp³-hybridized carbons (Fsp3) is 0.696. The molecule has 0 atom stereocenters. The standard InChI is InChI=1S/C23H36N4O2S.ClH/c1-18-9-10-21(19(2)17-18)30(28,29)27-15-11-23(12-16-27)22(24-13-14-25-23)26-20-7-5-3-4-6-8-20;/h9-10,17,20,25H,3-8,11-16H2,1-2H3,(H,24,26);1H. The fourth-order valence-corrected chi connectivity index (χ4v) is 6.90. The van der Waals surface area contributed by atoms with Gasteiger partial charge < -0.3 is 10.6 Å². The minimum Gasteiger partial charge on any atom is -0.370 e. The Morgan fingerprint density at radius 3 is 2.42 bits per heavy atom. The van der Waals surface area contributed by atoms with Gasteiger partial charge in [0.1, 0.15) is 5.84 Å². The number of hydrogen-bond acceptors (Lipinski definition) is 5. The van der Waals surface area contributed by atoms with Crippen LogP contribution in [0.1, 0.15) is 62.5 Å². The molecule has 2 N–H and O–H groups in total. The number of piperidine rings is 1. The van der Waals surface area contributed by atoms with Gasteiger partial charge in [-0.05, 0) is 51.2 Å². The second kappa shape index (κ2) is 10.2. The third-order valence-corrected chi connectivity index (χ3v) is 9.08. The van der Waals surface area contributed by atoms with E-state index in [1.165, 1.54) is 38.5 Å². The minimum absolute atomic E-state index is 0. The van der Waals surface area contributed by atoms with Gasteiger partial charge in [-0.25, -0.2) is 8.42 Å². The molecule has 174 valence electrons. The molecule has 0 aromatic heterocycles. The van der Waals surface area contributed by atoms with Crippen LogP contribution in [0.5, 0.6) is 0 Å². The van der Waals surface area contributed by atoms with E-state index < -0.39 is 10.0 Å². The first-order valence-electron chi connectivity index (χ1n) is 11.5. The predicted molar refractivity (Wildman–Crippen MR) is 129 cm³/mol. The van der Waals surface area contributed by atoms with E-state index in [0.29, 0.717) is 24.0 Å². The second-order valence-electron chi connectivity index (χ2n) is 9.25. The Morgan fingerprint density at radius 1 is 1.10 bits per heavy atom. The van der Waals surface area contributed by atoms with Gasteiger partial charge in [-0.2, -0.15) is 4.31 Å². The third kappa shape index (κ3) is 5.27. The van der Waals surface area contributed by atoms with Gasteiger partial charge in [0, 0.05) is 25.7 Å². The maximum Gasteiger partial charge on any atom is 0.243 e. The second-order valence-corrected chi connectivity index (χ2v) is 11.2. The van der Waals surface area contributed by atoms with Gasteiger partial charge in [-0.3, -0.25) is 4.99 Å². The highest BCUT2D eigenvalue weighted by Crippen LogP contribution is 2.30. The lowest BCUT2D eigenvalue weighted by Gasteiger charge is -2.45. The lowest BCUT2D eigenvalue weighted by molar-refractivity contribution is 0.239. The summed E-state index contributed by atoms with van der Waals surface area (Å²) < 4.78 is 28.2. The van der Waals surface area contributed by atoms with Crippen molar-refractivity contribution in [2.75, 3.05) is 26.2 Å². The molecule has 8 heteroatoms. The maximum atomic E-state index is 13.3. The van der Waals surface area contributed by atoms with E-state index in [4.69, 9.17) is 4.99 Å². The number of benzene rings is 1. The Balaban J connectivity index is 0.00000272. The highest BCUT2D eigenvalue weighted by molar-refractivity contribution is 7.89. The van der Waals surface area contributed by atoms with Gasteiger partial charge in [-0.15, -0.1) is 12.4 Å². The lowest BCUT2D eigenvalue weighted by atomic mass is 9.85. The van der Waals surface area contributed by atoms with Crippen molar-refractivity contribution in [2.45, 2.75) is 81.7 Å². The van der Waals surface area contributed by atoms with Crippen molar-refractivity contribution in [2.24, 2.45) is 4.99 Å². The summed E-state index contributed by atoms with van der Waals surface area (Å²) >= 11 is 0. The fourth-order valence-electron chi connectivity index (χ4n) is 5.25. The Morgan fingerprint density at radius 2 is 1.77 bits per heavy atom. The number of aliphatic imine (C=N–C) groups is 1. The van der Waals surface area contributed by atoms with Gasteiger partial charge in [0.25, 0.3) is 0 Å². The summed E-state index contributed by atoms with van der Waals surface area (Å²) in [6.45, 7) is 6.57. The molecule has 1 aromatic rings. The molecule has 1 saturated heterocycles. The topological polar surface area (TPSA) is 73.8 Å². The molecule has 31 heavy (non-hydrogen) atoms. The predicted octanol–water partition coefficient (Wildman–Crippen LogP) is 3.56. The van der Waals surface area contributed by atoms with E-state index in [-0.39, 0.29) is 17.9 Å². The number of halogens is 1. The van der Waals surface area contributed by atoms with Crippen molar-refractivity contribution in [3.8, 4) is 0 Å². The molecule has 1 spiro atoms. The van der Waals surface area contributed by atoms with Gasteiger partial charge in [0.05, 0.1) is 17.0 Å². The summed E-state index contributed by atoms with van der Waals surface area (Å²) in [7, 11) is -3.47. The first-order valence-corrected chi connectivity index (χ1v) is 13.0. The average Bonchev–Trinajstić information content (AvgIpc) is 2.99. The highest BCUT2D eigenvalue weighted by atomic mass is 35.5. The smallest absolute Gasteiger partial charge is 0.243 e. The molecule has 3 aliphatic rings. The largest absolute Gasteiger partial charge is 0.370 e. The van der Waals surface area contributed by atoms with E-state index in [1.807, 2.05) is 26.0 Å². The van der Waals surface area contributed by atoms with E-state index >= 15 is 0 Å². The van der Waals surface area contributed by atoms with E-state index in [2.05, 4.69) is 10.6 Å². The summed E-state index contributed by atoms with van der Waals surface area (Å²) in [5.41, 5.74) is 1.70. The van der Waals surface area contributed by atoms with Crippen molar-refractivity contribution in [3.05, 3.63) is 29.3 Å². The van der Waals surface area contributed by atoms with Crippen LogP contribution in [0.4, 0.5) is 0 Å². The monoisotopic (exact) mass is 468 g/mol. The summed E-state index contributed by atoms with van der Waals surface area (Å²) in [4.78, 5) is 5.31. The molecule has 2 aliphatic heterocycles. The highest BCUT2D eigenvalue weighted by Gasteiger charge is 2.43. The molecule has 0 unspecified atom stereocenters. The molecule has 0 bridgehead atoms. The van der Waals surface area contributed by atoms with Crippen molar-refractivity contribution >= 4 is 28.3 Å². The SMILES string of the molecule is Cc1ccc(S(=O)(=O)N2CCC3(CC2)NCCN=C3NC2CCCCCC2)c(C)c1.Cl. The zero-order valence-corrected chi connectivity index (χ0v) is 20.5. The number of nitrogens with one attached hydrogen (secondary N) is 2. The number of amidine groups is 1. The molecule has 0 amide bonds. The molecule has 6 nitrogen and oxygen atoms in total. The van der Waals surface area contributed by atoms with Gasteiger partial charge >= 0.3 is 0 Å². The Hall–Kier alpha value is -1.15. The zero-order valence-electron chi connectivity index (χ0n) is 18.8.